The van der Waals surface area contributed by atoms with E-state index in [0.717, 1.165) is 24.5 Å². The second kappa shape index (κ2) is 6.03. The molecule has 2 heterocycles. The molecule has 2 aliphatic heterocycles. The third-order valence-electron chi connectivity index (χ3n) is 4.70. The van der Waals surface area contributed by atoms with Gasteiger partial charge in [0.15, 0.2) is 7.28 Å². The third-order valence-corrected chi connectivity index (χ3v) is 4.70. The Morgan fingerprint density at radius 3 is 2.26 bits per heavy atom. The molecule has 0 aromatic carbocycles. The van der Waals surface area contributed by atoms with E-state index < -0.39 is 0 Å². The fourth-order valence-corrected chi connectivity index (χ4v) is 4.18. The Morgan fingerprint density at radius 1 is 1.21 bits per heavy atom. The molecule has 19 heavy (non-hydrogen) atoms. The monoisotopic (exact) mass is 260 g/mol. The Morgan fingerprint density at radius 2 is 1.79 bits per heavy atom. The van der Waals surface area contributed by atoms with Crippen molar-refractivity contribution in [2.75, 3.05) is 6.54 Å². The van der Waals surface area contributed by atoms with Crippen molar-refractivity contribution in [1.29, 1.82) is 0 Å². The first-order valence-electron chi connectivity index (χ1n) is 8.18. The number of fused-ring (bicyclic) bond motifs is 2. The summed E-state index contributed by atoms with van der Waals surface area (Å²) in [6.07, 6.45) is 8.52. The summed E-state index contributed by atoms with van der Waals surface area (Å²) >= 11 is 0. The molecule has 2 saturated heterocycles. The molecule has 0 N–H and O–H groups in total. The van der Waals surface area contributed by atoms with E-state index in [1.165, 1.54) is 44.0 Å². The Hall–Kier alpha value is -0.235. The van der Waals surface area contributed by atoms with Crippen LogP contribution < -0.4 is 0 Å². The van der Waals surface area contributed by atoms with Crippen LogP contribution in [0.2, 0.25) is 5.31 Å². The van der Waals surface area contributed by atoms with Gasteiger partial charge in [-0.2, -0.15) is 0 Å². The maximum atomic E-state index is 4.29. The molecule has 2 heteroatoms. The van der Waals surface area contributed by atoms with Crippen LogP contribution in [0, 0.1) is 5.92 Å². The first-order valence-corrected chi connectivity index (χ1v) is 8.18. The zero-order chi connectivity index (χ0) is 14.0. The predicted octanol–water partition coefficient (Wildman–Crippen LogP) is 4.47. The minimum atomic E-state index is 0.261. The lowest BCUT2D eigenvalue weighted by molar-refractivity contribution is 0.112. The number of nitrogens with zero attached hydrogens (tertiary/aromatic N) is 1. The summed E-state index contributed by atoms with van der Waals surface area (Å²) in [6, 6.07) is 1.70. The predicted molar refractivity (Wildman–Crippen MR) is 85.8 cm³/mol. The molecule has 0 spiro atoms. The van der Waals surface area contributed by atoms with Crippen LogP contribution in [-0.4, -0.2) is 30.8 Å². The summed E-state index contributed by atoms with van der Waals surface area (Å²) in [5.41, 5.74) is 1.32. The molecule has 0 amide bonds. The molecular weight excluding hydrogens is 229 g/mol. The van der Waals surface area contributed by atoms with Gasteiger partial charge in [0.2, 0.25) is 0 Å². The SMILES string of the molecule is C=C([B]C(C)(C)C)CN1C2CCC1CC(CCC)C2. The minimum Gasteiger partial charge on any atom is -0.294 e. The van der Waals surface area contributed by atoms with Crippen molar-refractivity contribution in [2.24, 2.45) is 5.92 Å². The van der Waals surface area contributed by atoms with Crippen LogP contribution in [0.4, 0.5) is 0 Å². The Bertz CT molecular complexity index is 304. The molecular formula is C17H31BN. The van der Waals surface area contributed by atoms with Gasteiger partial charge in [-0.05, 0) is 31.6 Å². The molecule has 1 nitrogen and oxygen atoms in total. The highest BCUT2D eigenvalue weighted by Gasteiger charge is 2.40. The van der Waals surface area contributed by atoms with Crippen molar-refractivity contribution >= 4 is 7.28 Å². The summed E-state index contributed by atoms with van der Waals surface area (Å²) in [7, 11) is 2.35. The van der Waals surface area contributed by atoms with Crippen LogP contribution in [0.1, 0.15) is 66.2 Å². The van der Waals surface area contributed by atoms with E-state index in [4.69, 9.17) is 0 Å². The lowest BCUT2D eigenvalue weighted by atomic mass is 9.51. The fourth-order valence-electron chi connectivity index (χ4n) is 4.18. The van der Waals surface area contributed by atoms with E-state index in [9.17, 15) is 0 Å². The van der Waals surface area contributed by atoms with Crippen LogP contribution in [0.5, 0.6) is 0 Å². The highest BCUT2D eigenvalue weighted by molar-refractivity contribution is 6.48. The molecule has 0 aromatic rings. The van der Waals surface area contributed by atoms with Gasteiger partial charge in [-0.3, -0.25) is 4.90 Å². The smallest absolute Gasteiger partial charge is 0.153 e. The molecule has 2 atom stereocenters. The van der Waals surface area contributed by atoms with Crippen molar-refractivity contribution < 1.29 is 0 Å². The molecule has 0 aliphatic carbocycles. The fraction of sp³-hybridized carbons (Fsp3) is 0.882. The zero-order valence-corrected chi connectivity index (χ0v) is 13.4. The molecule has 1 radical (unpaired) electrons. The highest BCUT2D eigenvalue weighted by atomic mass is 15.2. The van der Waals surface area contributed by atoms with Gasteiger partial charge in [-0.1, -0.05) is 45.9 Å². The molecule has 0 saturated carbocycles. The topological polar surface area (TPSA) is 3.24 Å². The second-order valence-corrected chi connectivity index (χ2v) is 7.85. The van der Waals surface area contributed by atoms with E-state index in [0.29, 0.717) is 0 Å². The van der Waals surface area contributed by atoms with Gasteiger partial charge in [0.05, 0.1) is 0 Å². The lowest BCUT2D eigenvalue weighted by Crippen LogP contribution is -2.44. The highest BCUT2D eigenvalue weighted by Crippen LogP contribution is 2.40. The summed E-state index contributed by atoms with van der Waals surface area (Å²) in [5, 5.41) is 0.261. The molecule has 2 unspecified atom stereocenters. The first kappa shape index (κ1) is 15.2. The van der Waals surface area contributed by atoms with Gasteiger partial charge in [0.25, 0.3) is 0 Å². The quantitative estimate of drug-likeness (QED) is 0.659. The van der Waals surface area contributed by atoms with Crippen molar-refractivity contribution in [2.45, 2.75) is 83.6 Å². The summed E-state index contributed by atoms with van der Waals surface area (Å²) in [4.78, 5) is 2.76. The maximum absolute atomic E-state index is 4.29. The minimum absolute atomic E-state index is 0.261. The maximum Gasteiger partial charge on any atom is 0.153 e. The molecule has 2 fully saturated rings. The van der Waals surface area contributed by atoms with Crippen LogP contribution >= 0.6 is 0 Å². The number of hydrogen-bond acceptors (Lipinski definition) is 1. The molecule has 2 bridgehead atoms. The van der Waals surface area contributed by atoms with Gasteiger partial charge in [-0.15, -0.1) is 12.1 Å². The van der Waals surface area contributed by atoms with Gasteiger partial charge < -0.3 is 0 Å². The Balaban J connectivity index is 1.88. The average molecular weight is 260 g/mol. The number of hydrogen-bond donors (Lipinski definition) is 0. The van der Waals surface area contributed by atoms with Crippen molar-refractivity contribution in [3.63, 3.8) is 0 Å². The second-order valence-electron chi connectivity index (χ2n) is 7.85. The van der Waals surface area contributed by atoms with E-state index in [-0.39, 0.29) is 5.31 Å². The summed E-state index contributed by atoms with van der Waals surface area (Å²) in [6.45, 7) is 14.5. The molecule has 2 rings (SSSR count). The Labute approximate surface area is 121 Å². The number of rotatable bonds is 5. The first-order chi connectivity index (χ1) is 8.89. The summed E-state index contributed by atoms with van der Waals surface area (Å²) < 4.78 is 0. The largest absolute Gasteiger partial charge is 0.294 e. The van der Waals surface area contributed by atoms with Crippen LogP contribution in [0.3, 0.4) is 0 Å². The van der Waals surface area contributed by atoms with Gasteiger partial charge in [-0.25, -0.2) is 0 Å². The van der Waals surface area contributed by atoms with Gasteiger partial charge >= 0.3 is 0 Å². The zero-order valence-electron chi connectivity index (χ0n) is 13.4. The third kappa shape index (κ3) is 4.11. The van der Waals surface area contributed by atoms with Gasteiger partial charge in [0.1, 0.15) is 0 Å². The number of piperidine rings is 1. The Kier molecular flexibility index (Phi) is 4.81. The molecule has 0 aromatic heterocycles. The van der Waals surface area contributed by atoms with E-state index >= 15 is 0 Å². The van der Waals surface area contributed by atoms with E-state index in [1.54, 1.807) is 0 Å². The average Bonchev–Trinajstić information content (AvgIpc) is 2.51. The summed E-state index contributed by atoms with van der Waals surface area (Å²) in [5.74, 6) is 0.999. The van der Waals surface area contributed by atoms with Crippen LogP contribution in [0.25, 0.3) is 0 Å². The van der Waals surface area contributed by atoms with Crippen molar-refractivity contribution in [1.82, 2.24) is 4.90 Å². The lowest BCUT2D eigenvalue weighted by Gasteiger charge is -2.40. The van der Waals surface area contributed by atoms with E-state index in [2.05, 4.69) is 46.5 Å². The molecule has 2 aliphatic rings. The van der Waals surface area contributed by atoms with Gasteiger partial charge in [0, 0.05) is 18.6 Å². The van der Waals surface area contributed by atoms with Crippen LogP contribution in [0.15, 0.2) is 12.1 Å². The molecule has 107 valence electrons. The van der Waals surface area contributed by atoms with E-state index in [1.807, 2.05) is 0 Å². The van der Waals surface area contributed by atoms with Crippen molar-refractivity contribution in [3.8, 4) is 0 Å². The van der Waals surface area contributed by atoms with Crippen LogP contribution in [-0.2, 0) is 0 Å². The normalized spacial score (nSPS) is 31.5. The standard InChI is InChI=1S/C17H31BN/c1-6-7-14-10-15-8-9-16(11-14)19(15)12-13(2)18-17(3,4)5/h14-16H,2,6-12H2,1,3-5H3. The van der Waals surface area contributed by atoms with Crippen molar-refractivity contribution in [3.05, 3.63) is 12.1 Å².